The van der Waals surface area contributed by atoms with Crippen molar-refractivity contribution in [1.29, 1.82) is 0 Å². The molecule has 3 rings (SSSR count). The lowest BCUT2D eigenvalue weighted by molar-refractivity contribution is 0.0949. The van der Waals surface area contributed by atoms with E-state index in [1.165, 1.54) is 20.2 Å². The number of carbonyl (C=O) groups excluding carboxylic acids is 2. The van der Waals surface area contributed by atoms with Gasteiger partial charge in [0.1, 0.15) is 0 Å². The van der Waals surface area contributed by atoms with E-state index in [1.807, 2.05) is 25.1 Å². The fourth-order valence-corrected chi connectivity index (χ4v) is 4.59. The summed E-state index contributed by atoms with van der Waals surface area (Å²) in [6.07, 6.45) is 0. The van der Waals surface area contributed by atoms with Gasteiger partial charge in [0.05, 0.1) is 4.90 Å². The molecule has 0 spiro atoms. The van der Waals surface area contributed by atoms with Gasteiger partial charge in [0.2, 0.25) is 10.0 Å². The molecule has 0 fully saturated rings. The van der Waals surface area contributed by atoms with Gasteiger partial charge in [-0.05, 0) is 73.9 Å². The van der Waals surface area contributed by atoms with E-state index in [9.17, 15) is 18.0 Å². The molecular formula is C26H29N3O4S. The summed E-state index contributed by atoms with van der Waals surface area (Å²) in [6, 6.07) is 17.6. The predicted octanol–water partition coefficient (Wildman–Crippen LogP) is 4.04. The fourth-order valence-electron chi connectivity index (χ4n) is 3.37. The third-order valence-electron chi connectivity index (χ3n) is 5.59. The van der Waals surface area contributed by atoms with E-state index in [2.05, 4.69) is 10.6 Å². The number of rotatable bonds is 7. The number of aryl methyl sites for hydroxylation is 2. The van der Waals surface area contributed by atoms with Crippen molar-refractivity contribution in [3.63, 3.8) is 0 Å². The van der Waals surface area contributed by atoms with Crippen LogP contribution in [0.1, 0.15) is 43.0 Å². The van der Waals surface area contributed by atoms with Crippen molar-refractivity contribution in [2.45, 2.75) is 32.2 Å². The Kier molecular flexibility index (Phi) is 7.54. The molecule has 0 aliphatic carbocycles. The van der Waals surface area contributed by atoms with Gasteiger partial charge >= 0.3 is 0 Å². The Morgan fingerprint density at radius 3 is 2.18 bits per heavy atom. The van der Waals surface area contributed by atoms with Crippen molar-refractivity contribution in [1.82, 2.24) is 9.62 Å². The minimum atomic E-state index is -3.68. The Morgan fingerprint density at radius 1 is 0.853 bits per heavy atom. The predicted molar refractivity (Wildman–Crippen MR) is 134 cm³/mol. The van der Waals surface area contributed by atoms with Crippen molar-refractivity contribution in [3.8, 4) is 0 Å². The second-order valence-electron chi connectivity index (χ2n) is 8.41. The van der Waals surface area contributed by atoms with Gasteiger partial charge < -0.3 is 10.6 Å². The minimum Gasteiger partial charge on any atom is -0.348 e. The first-order chi connectivity index (χ1) is 16.0. The summed E-state index contributed by atoms with van der Waals surface area (Å²) in [5, 5.41) is 5.69. The van der Waals surface area contributed by atoms with Crippen LogP contribution in [0.2, 0.25) is 0 Å². The Morgan fingerprint density at radius 2 is 1.53 bits per heavy atom. The number of anilines is 1. The van der Waals surface area contributed by atoms with Crippen LogP contribution in [-0.2, 0) is 16.6 Å². The van der Waals surface area contributed by atoms with E-state index in [-0.39, 0.29) is 28.8 Å². The molecule has 0 aliphatic rings. The summed E-state index contributed by atoms with van der Waals surface area (Å²) in [4.78, 5) is 25.4. The zero-order valence-electron chi connectivity index (χ0n) is 20.0. The number of sulfonamides is 1. The highest BCUT2D eigenvalue weighted by molar-refractivity contribution is 7.89. The first kappa shape index (κ1) is 25.1. The van der Waals surface area contributed by atoms with Crippen LogP contribution < -0.4 is 10.6 Å². The highest BCUT2D eigenvalue weighted by atomic mass is 32.2. The second kappa shape index (κ2) is 10.2. The first-order valence-electron chi connectivity index (χ1n) is 10.8. The van der Waals surface area contributed by atoms with Crippen LogP contribution >= 0.6 is 0 Å². The summed E-state index contributed by atoms with van der Waals surface area (Å²) in [5.74, 6) is -0.599. The Labute approximate surface area is 200 Å². The average Bonchev–Trinajstić information content (AvgIpc) is 2.79. The van der Waals surface area contributed by atoms with Crippen LogP contribution in [0.15, 0.2) is 65.6 Å². The van der Waals surface area contributed by atoms with Crippen molar-refractivity contribution < 1.29 is 18.0 Å². The van der Waals surface area contributed by atoms with Gasteiger partial charge in [-0.25, -0.2) is 12.7 Å². The molecule has 0 saturated heterocycles. The normalized spacial score (nSPS) is 11.4. The molecule has 0 radical (unpaired) electrons. The summed E-state index contributed by atoms with van der Waals surface area (Å²) >= 11 is 0. The smallest absolute Gasteiger partial charge is 0.255 e. The number of nitrogens with zero attached hydrogens (tertiary/aromatic N) is 1. The maximum absolute atomic E-state index is 12.8. The molecule has 8 heteroatoms. The van der Waals surface area contributed by atoms with Crippen molar-refractivity contribution in [2.24, 2.45) is 0 Å². The van der Waals surface area contributed by atoms with Crippen LogP contribution in [0, 0.1) is 20.8 Å². The molecule has 0 saturated carbocycles. The summed E-state index contributed by atoms with van der Waals surface area (Å²) in [6.45, 7) is 5.68. The molecule has 0 unspecified atom stereocenters. The van der Waals surface area contributed by atoms with Gasteiger partial charge in [-0.15, -0.1) is 0 Å². The summed E-state index contributed by atoms with van der Waals surface area (Å²) < 4.78 is 26.5. The molecule has 0 atom stereocenters. The van der Waals surface area contributed by atoms with E-state index in [1.54, 1.807) is 50.2 Å². The summed E-state index contributed by atoms with van der Waals surface area (Å²) in [5.41, 5.74) is 4.64. The van der Waals surface area contributed by atoms with Gasteiger partial charge in [0.25, 0.3) is 11.8 Å². The van der Waals surface area contributed by atoms with E-state index in [0.29, 0.717) is 22.4 Å². The van der Waals surface area contributed by atoms with Gasteiger partial charge in [-0.1, -0.05) is 29.8 Å². The number of nitrogens with one attached hydrogen (secondary N) is 2. The van der Waals surface area contributed by atoms with Gasteiger partial charge in [0.15, 0.2) is 0 Å². The quantitative estimate of drug-likeness (QED) is 0.535. The molecule has 0 aromatic heterocycles. The lowest BCUT2D eigenvalue weighted by atomic mass is 10.1. The van der Waals surface area contributed by atoms with E-state index in [0.717, 1.165) is 15.4 Å². The molecule has 3 aromatic rings. The van der Waals surface area contributed by atoms with Gasteiger partial charge in [-0.2, -0.15) is 0 Å². The molecule has 34 heavy (non-hydrogen) atoms. The van der Waals surface area contributed by atoms with Gasteiger partial charge in [-0.3, -0.25) is 9.59 Å². The highest BCUT2D eigenvalue weighted by Gasteiger charge is 2.23. The first-order valence-corrected chi connectivity index (χ1v) is 12.2. The molecule has 178 valence electrons. The SMILES string of the molecule is Cc1ccc(C(=O)Nc2cccc(CNC(=O)c3cc(C)c(C)c(S(=O)(=O)N(C)C)c3)c2)cc1. The van der Waals surface area contributed by atoms with Gasteiger partial charge in [0, 0.05) is 37.5 Å². The van der Waals surface area contributed by atoms with Crippen LogP contribution in [-0.4, -0.2) is 38.6 Å². The number of benzene rings is 3. The highest BCUT2D eigenvalue weighted by Crippen LogP contribution is 2.23. The largest absolute Gasteiger partial charge is 0.348 e. The Hall–Kier alpha value is -3.49. The lowest BCUT2D eigenvalue weighted by Crippen LogP contribution is -2.26. The van der Waals surface area contributed by atoms with Crippen LogP contribution in [0.4, 0.5) is 5.69 Å². The molecule has 0 heterocycles. The van der Waals surface area contributed by atoms with E-state index >= 15 is 0 Å². The van der Waals surface area contributed by atoms with Crippen molar-refractivity contribution >= 4 is 27.5 Å². The third kappa shape index (κ3) is 5.70. The average molecular weight is 480 g/mol. The molecular weight excluding hydrogens is 450 g/mol. The second-order valence-corrected chi connectivity index (χ2v) is 10.5. The van der Waals surface area contributed by atoms with Crippen LogP contribution in [0.3, 0.4) is 0 Å². The molecule has 2 amide bonds. The molecule has 7 nitrogen and oxygen atoms in total. The fraction of sp³-hybridized carbons (Fsp3) is 0.231. The molecule has 2 N–H and O–H groups in total. The number of amides is 2. The molecule has 0 aliphatic heterocycles. The monoisotopic (exact) mass is 479 g/mol. The Balaban J connectivity index is 1.73. The maximum atomic E-state index is 12.8. The lowest BCUT2D eigenvalue weighted by Gasteiger charge is -2.16. The van der Waals surface area contributed by atoms with Crippen molar-refractivity contribution in [2.75, 3.05) is 19.4 Å². The topological polar surface area (TPSA) is 95.6 Å². The van der Waals surface area contributed by atoms with Crippen molar-refractivity contribution in [3.05, 3.63) is 94.0 Å². The van der Waals surface area contributed by atoms with Crippen LogP contribution in [0.25, 0.3) is 0 Å². The van der Waals surface area contributed by atoms with Crippen LogP contribution in [0.5, 0.6) is 0 Å². The third-order valence-corrected chi connectivity index (χ3v) is 7.53. The standard InChI is InChI=1S/C26H29N3O4S/c1-17-9-11-21(12-10-17)26(31)28-23-8-6-7-20(14-23)16-27-25(30)22-13-18(2)19(3)24(15-22)34(32,33)29(4)5/h6-15H,16H2,1-5H3,(H,27,30)(H,28,31). The molecule has 3 aromatic carbocycles. The Bertz CT molecular complexity index is 1330. The maximum Gasteiger partial charge on any atom is 0.255 e. The zero-order chi connectivity index (χ0) is 25.0. The summed E-state index contributed by atoms with van der Waals surface area (Å²) in [7, 11) is -0.763. The number of carbonyl (C=O) groups is 2. The minimum absolute atomic E-state index is 0.114. The van der Waals surface area contributed by atoms with E-state index in [4.69, 9.17) is 0 Å². The zero-order valence-corrected chi connectivity index (χ0v) is 20.8. The number of hydrogen-bond acceptors (Lipinski definition) is 4. The molecule has 0 bridgehead atoms. The number of hydrogen-bond donors (Lipinski definition) is 2. The van der Waals surface area contributed by atoms with E-state index < -0.39 is 10.0 Å².